The van der Waals surface area contributed by atoms with Crippen molar-refractivity contribution in [3.63, 3.8) is 0 Å². The van der Waals surface area contributed by atoms with Gasteiger partial charge in [-0.1, -0.05) is 45.0 Å². The van der Waals surface area contributed by atoms with Crippen molar-refractivity contribution in [3.05, 3.63) is 35.4 Å². The third kappa shape index (κ3) is 4.81. The van der Waals surface area contributed by atoms with Gasteiger partial charge in [-0.25, -0.2) is 4.79 Å². The number of hydrogen-bond acceptors (Lipinski definition) is 4. The Bertz CT molecular complexity index is 601. The first-order valence-corrected chi connectivity index (χ1v) is 8.10. The monoisotopic (exact) mass is 332 g/mol. The van der Waals surface area contributed by atoms with E-state index in [1.807, 2.05) is 24.3 Å². The molecule has 130 valence electrons. The highest BCUT2D eigenvalue weighted by Gasteiger charge is 2.27. The summed E-state index contributed by atoms with van der Waals surface area (Å²) in [6.07, 6.45) is 0.581. The van der Waals surface area contributed by atoms with Crippen molar-refractivity contribution in [1.29, 1.82) is 0 Å². The lowest BCUT2D eigenvalue weighted by Crippen LogP contribution is -2.32. The van der Waals surface area contributed by atoms with E-state index in [1.165, 1.54) is 5.56 Å². The zero-order chi connectivity index (χ0) is 17.7. The number of rotatable bonds is 6. The van der Waals surface area contributed by atoms with E-state index in [0.717, 1.165) is 10.5 Å². The maximum Gasteiger partial charge on any atom is 0.324 e. The molecule has 2 rings (SSSR count). The predicted molar refractivity (Wildman–Crippen MR) is 89.3 cm³/mol. The molecule has 3 amide bonds. The summed E-state index contributed by atoms with van der Waals surface area (Å²) in [5.41, 5.74) is 2.26. The standard InChI is InChI=1S/C18H24N2O4/c1-18(2,3)14-8-6-13(7-9-14)12-24-16(22)5-4-10-20-15(21)11-19-17(20)23/h6-9H,4-5,10-12H2,1-3H3,(H,19,23). The van der Waals surface area contributed by atoms with Crippen LogP contribution in [0.3, 0.4) is 0 Å². The summed E-state index contributed by atoms with van der Waals surface area (Å²) in [4.78, 5) is 35.6. The molecule has 1 saturated heterocycles. The Labute approximate surface area is 142 Å². The first kappa shape index (κ1) is 18.0. The summed E-state index contributed by atoms with van der Waals surface area (Å²) in [6.45, 7) is 6.94. The van der Waals surface area contributed by atoms with Crippen LogP contribution in [0.2, 0.25) is 0 Å². The van der Waals surface area contributed by atoms with Crippen molar-refractivity contribution >= 4 is 17.9 Å². The molecule has 0 radical (unpaired) electrons. The maximum absolute atomic E-state index is 11.8. The van der Waals surface area contributed by atoms with Crippen molar-refractivity contribution in [1.82, 2.24) is 10.2 Å². The van der Waals surface area contributed by atoms with Crippen LogP contribution in [0.5, 0.6) is 0 Å². The number of imide groups is 1. The zero-order valence-corrected chi connectivity index (χ0v) is 14.4. The molecule has 1 N–H and O–H groups in total. The van der Waals surface area contributed by atoms with Gasteiger partial charge in [-0.3, -0.25) is 14.5 Å². The van der Waals surface area contributed by atoms with Gasteiger partial charge in [-0.05, 0) is 23.0 Å². The third-order valence-corrected chi connectivity index (χ3v) is 3.92. The Kier molecular flexibility index (Phi) is 5.59. The SMILES string of the molecule is CC(C)(C)c1ccc(COC(=O)CCCN2C(=O)CNC2=O)cc1. The first-order chi connectivity index (χ1) is 11.3. The number of esters is 1. The Balaban J connectivity index is 1.71. The second-order valence-corrected chi connectivity index (χ2v) is 6.92. The quantitative estimate of drug-likeness (QED) is 0.641. The highest BCUT2D eigenvalue weighted by molar-refractivity contribution is 6.01. The topological polar surface area (TPSA) is 75.7 Å². The predicted octanol–water partition coefficient (Wildman–Crippen LogP) is 2.36. The van der Waals surface area contributed by atoms with Crippen molar-refractivity contribution in [2.45, 2.75) is 45.6 Å². The molecule has 6 heteroatoms. The van der Waals surface area contributed by atoms with Gasteiger partial charge < -0.3 is 10.1 Å². The molecule has 1 aromatic carbocycles. The zero-order valence-electron chi connectivity index (χ0n) is 14.4. The Morgan fingerprint density at radius 1 is 1.21 bits per heavy atom. The molecule has 1 aromatic rings. The molecule has 0 atom stereocenters. The van der Waals surface area contributed by atoms with Gasteiger partial charge in [0, 0.05) is 13.0 Å². The number of carbonyl (C=O) groups excluding carboxylic acids is 3. The number of nitrogens with zero attached hydrogens (tertiary/aromatic N) is 1. The van der Waals surface area contributed by atoms with Crippen molar-refractivity contribution in [3.8, 4) is 0 Å². The van der Waals surface area contributed by atoms with Crippen molar-refractivity contribution in [2.24, 2.45) is 0 Å². The van der Waals surface area contributed by atoms with Gasteiger partial charge in [-0.2, -0.15) is 0 Å². The fourth-order valence-electron chi connectivity index (χ4n) is 2.40. The summed E-state index contributed by atoms with van der Waals surface area (Å²) in [5.74, 6) is -0.589. The minimum Gasteiger partial charge on any atom is -0.461 e. The highest BCUT2D eigenvalue weighted by atomic mass is 16.5. The van der Waals surface area contributed by atoms with Crippen molar-refractivity contribution < 1.29 is 19.1 Å². The van der Waals surface area contributed by atoms with E-state index in [9.17, 15) is 14.4 Å². The summed E-state index contributed by atoms with van der Waals surface area (Å²) < 4.78 is 5.23. The highest BCUT2D eigenvalue weighted by Crippen LogP contribution is 2.22. The number of urea groups is 1. The minimum atomic E-state index is -0.396. The average Bonchev–Trinajstić information content (AvgIpc) is 2.84. The summed E-state index contributed by atoms with van der Waals surface area (Å²) in [6, 6.07) is 7.61. The van der Waals surface area contributed by atoms with Crippen LogP contribution in [-0.2, 0) is 26.3 Å². The molecule has 24 heavy (non-hydrogen) atoms. The minimum absolute atomic E-state index is 0.0356. The van der Waals surface area contributed by atoms with Crippen LogP contribution in [0.4, 0.5) is 4.79 Å². The normalized spacial score (nSPS) is 14.7. The smallest absolute Gasteiger partial charge is 0.324 e. The fraction of sp³-hybridized carbons (Fsp3) is 0.500. The average molecular weight is 332 g/mol. The van der Waals surface area contributed by atoms with E-state index in [1.54, 1.807) is 0 Å². The third-order valence-electron chi connectivity index (χ3n) is 3.92. The Hall–Kier alpha value is -2.37. The van der Waals surface area contributed by atoms with E-state index in [0.29, 0.717) is 6.42 Å². The van der Waals surface area contributed by atoms with Gasteiger partial charge in [-0.15, -0.1) is 0 Å². The Morgan fingerprint density at radius 3 is 2.42 bits per heavy atom. The van der Waals surface area contributed by atoms with Crippen LogP contribution < -0.4 is 5.32 Å². The van der Waals surface area contributed by atoms with Crippen LogP contribution in [-0.4, -0.2) is 35.9 Å². The largest absolute Gasteiger partial charge is 0.461 e. The number of hydrogen-bond donors (Lipinski definition) is 1. The molecule has 0 spiro atoms. The van der Waals surface area contributed by atoms with Gasteiger partial charge in [0.05, 0.1) is 6.54 Å². The van der Waals surface area contributed by atoms with E-state index in [4.69, 9.17) is 4.74 Å². The van der Waals surface area contributed by atoms with Crippen LogP contribution >= 0.6 is 0 Å². The van der Waals surface area contributed by atoms with E-state index in [2.05, 4.69) is 26.1 Å². The number of amides is 3. The second kappa shape index (κ2) is 7.47. The second-order valence-electron chi connectivity index (χ2n) is 6.92. The molecular formula is C18H24N2O4. The lowest BCUT2D eigenvalue weighted by molar-refractivity contribution is -0.145. The van der Waals surface area contributed by atoms with Gasteiger partial charge in [0.2, 0.25) is 5.91 Å². The summed E-state index contributed by atoms with van der Waals surface area (Å²) in [5, 5.41) is 2.44. The van der Waals surface area contributed by atoms with Gasteiger partial charge in [0.1, 0.15) is 6.61 Å². The van der Waals surface area contributed by atoms with E-state index in [-0.39, 0.29) is 43.4 Å². The molecule has 0 unspecified atom stereocenters. The summed E-state index contributed by atoms with van der Waals surface area (Å²) >= 11 is 0. The van der Waals surface area contributed by atoms with Crippen LogP contribution in [0.25, 0.3) is 0 Å². The molecular weight excluding hydrogens is 308 g/mol. The van der Waals surface area contributed by atoms with Crippen LogP contribution in [0.1, 0.15) is 44.7 Å². The van der Waals surface area contributed by atoms with Gasteiger partial charge in [0.25, 0.3) is 0 Å². The summed E-state index contributed by atoms with van der Waals surface area (Å²) in [7, 11) is 0. The number of nitrogens with one attached hydrogen (secondary N) is 1. The van der Waals surface area contributed by atoms with Crippen molar-refractivity contribution in [2.75, 3.05) is 13.1 Å². The first-order valence-electron chi connectivity index (χ1n) is 8.10. The molecule has 0 bridgehead atoms. The molecule has 1 fully saturated rings. The van der Waals surface area contributed by atoms with Gasteiger partial charge >= 0.3 is 12.0 Å². The lowest BCUT2D eigenvalue weighted by atomic mass is 9.87. The number of carbonyl (C=O) groups is 3. The number of benzene rings is 1. The maximum atomic E-state index is 11.8. The van der Waals surface area contributed by atoms with E-state index < -0.39 is 6.03 Å². The van der Waals surface area contributed by atoms with E-state index >= 15 is 0 Å². The molecule has 0 aliphatic carbocycles. The lowest BCUT2D eigenvalue weighted by Gasteiger charge is -2.19. The molecule has 1 aliphatic heterocycles. The van der Waals surface area contributed by atoms with Gasteiger partial charge in [0.15, 0.2) is 0 Å². The number of ether oxygens (including phenoxy) is 1. The molecule has 1 heterocycles. The fourth-order valence-corrected chi connectivity index (χ4v) is 2.40. The molecule has 0 aromatic heterocycles. The molecule has 0 saturated carbocycles. The van der Waals surface area contributed by atoms with Crippen LogP contribution in [0.15, 0.2) is 24.3 Å². The Morgan fingerprint density at radius 2 is 1.88 bits per heavy atom. The van der Waals surface area contributed by atoms with Crippen LogP contribution in [0, 0.1) is 0 Å². The molecule has 6 nitrogen and oxygen atoms in total. The molecule has 1 aliphatic rings.